The van der Waals surface area contributed by atoms with Crippen LogP contribution < -0.4 is 4.74 Å². The van der Waals surface area contributed by atoms with Crippen LogP contribution in [-0.4, -0.2) is 36.4 Å². The molecule has 30 heavy (non-hydrogen) atoms. The molecule has 0 spiro atoms. The third kappa shape index (κ3) is 3.43. The second-order valence-electron chi connectivity index (χ2n) is 7.39. The molecule has 1 N–H and O–H groups in total. The first-order valence-electron chi connectivity index (χ1n) is 9.99. The zero-order chi connectivity index (χ0) is 21.4. The van der Waals surface area contributed by atoms with Gasteiger partial charge in [-0.05, 0) is 45.9 Å². The predicted octanol–water partition coefficient (Wildman–Crippen LogP) is 4.16. The number of fused-ring (bicyclic) bond motifs is 1. The molecule has 1 unspecified atom stereocenters. The van der Waals surface area contributed by atoms with Gasteiger partial charge in [-0.2, -0.15) is 5.10 Å². The number of ether oxygens (including phenoxy) is 1. The highest BCUT2D eigenvalue weighted by Crippen LogP contribution is 2.36. The van der Waals surface area contributed by atoms with Crippen LogP contribution in [0.3, 0.4) is 0 Å². The number of hydrogen-bond acceptors (Lipinski definition) is 7. The van der Waals surface area contributed by atoms with E-state index in [1.807, 2.05) is 50.6 Å². The first-order valence-corrected chi connectivity index (χ1v) is 9.99. The molecule has 0 radical (unpaired) electrons. The second-order valence-corrected chi connectivity index (χ2v) is 7.39. The maximum absolute atomic E-state index is 11.2. The van der Waals surface area contributed by atoms with E-state index in [0.717, 1.165) is 22.3 Å². The lowest BCUT2D eigenvalue weighted by atomic mass is 10.0. The number of aliphatic hydroxyl groups excluding tert-OH is 1. The van der Waals surface area contributed by atoms with Crippen LogP contribution in [0.15, 0.2) is 35.0 Å². The number of nitrogens with zero attached hydrogens (tertiary/aromatic N) is 5. The summed E-state index contributed by atoms with van der Waals surface area (Å²) in [6, 6.07) is 5.69. The van der Waals surface area contributed by atoms with E-state index < -0.39 is 6.10 Å². The van der Waals surface area contributed by atoms with E-state index in [1.54, 1.807) is 19.3 Å². The largest absolute Gasteiger partial charge is 0.477 e. The van der Waals surface area contributed by atoms with Gasteiger partial charge in [0.1, 0.15) is 11.6 Å². The molecule has 1 atom stereocenters. The van der Waals surface area contributed by atoms with Crippen molar-refractivity contribution in [3.8, 4) is 17.1 Å². The molecular formula is C22H25N5O3. The van der Waals surface area contributed by atoms with Gasteiger partial charge < -0.3 is 14.3 Å². The van der Waals surface area contributed by atoms with Crippen molar-refractivity contribution in [1.29, 1.82) is 0 Å². The van der Waals surface area contributed by atoms with Crippen LogP contribution in [0.25, 0.3) is 22.3 Å². The Balaban J connectivity index is 2.00. The maximum atomic E-state index is 11.2. The van der Waals surface area contributed by atoms with Gasteiger partial charge in [-0.3, -0.25) is 4.68 Å². The van der Waals surface area contributed by atoms with Crippen LogP contribution in [0.2, 0.25) is 0 Å². The van der Waals surface area contributed by atoms with Gasteiger partial charge in [0.2, 0.25) is 5.88 Å². The van der Waals surface area contributed by atoms with Gasteiger partial charge >= 0.3 is 0 Å². The molecule has 4 rings (SSSR count). The summed E-state index contributed by atoms with van der Waals surface area (Å²) in [7, 11) is 0. The van der Waals surface area contributed by atoms with Gasteiger partial charge in [0.05, 0.1) is 35.3 Å². The van der Waals surface area contributed by atoms with E-state index in [1.165, 1.54) is 0 Å². The topological polar surface area (TPSA) is 99.1 Å². The molecule has 0 amide bonds. The Morgan fingerprint density at radius 3 is 2.70 bits per heavy atom. The van der Waals surface area contributed by atoms with E-state index in [4.69, 9.17) is 14.1 Å². The lowest BCUT2D eigenvalue weighted by molar-refractivity contribution is 0.188. The van der Waals surface area contributed by atoms with Gasteiger partial charge in [0.15, 0.2) is 11.7 Å². The fourth-order valence-electron chi connectivity index (χ4n) is 3.53. The van der Waals surface area contributed by atoms with Crippen LogP contribution in [0.5, 0.6) is 5.88 Å². The highest BCUT2D eigenvalue weighted by Gasteiger charge is 2.25. The zero-order valence-electron chi connectivity index (χ0n) is 17.7. The molecule has 0 saturated heterocycles. The van der Waals surface area contributed by atoms with Crippen molar-refractivity contribution in [3.05, 3.63) is 53.5 Å². The van der Waals surface area contributed by atoms with Crippen molar-refractivity contribution in [1.82, 2.24) is 24.7 Å². The van der Waals surface area contributed by atoms with E-state index >= 15 is 0 Å². The fourth-order valence-corrected chi connectivity index (χ4v) is 3.53. The van der Waals surface area contributed by atoms with Gasteiger partial charge in [-0.1, -0.05) is 0 Å². The average Bonchev–Trinajstić information content (AvgIpc) is 3.31. The number of oxazole rings is 1. The Morgan fingerprint density at radius 2 is 2.03 bits per heavy atom. The summed E-state index contributed by atoms with van der Waals surface area (Å²) in [5.41, 5.74) is 4.32. The zero-order valence-corrected chi connectivity index (χ0v) is 17.7. The summed E-state index contributed by atoms with van der Waals surface area (Å²) in [4.78, 5) is 13.3. The molecule has 0 aromatic carbocycles. The van der Waals surface area contributed by atoms with E-state index in [-0.39, 0.29) is 6.04 Å². The van der Waals surface area contributed by atoms with E-state index in [2.05, 4.69) is 15.1 Å². The molecule has 4 aromatic rings. The monoisotopic (exact) mass is 407 g/mol. The molecule has 8 nitrogen and oxygen atoms in total. The summed E-state index contributed by atoms with van der Waals surface area (Å²) >= 11 is 0. The molecule has 8 heteroatoms. The Hall–Kier alpha value is -3.26. The predicted molar refractivity (Wildman–Crippen MR) is 112 cm³/mol. The van der Waals surface area contributed by atoms with Crippen LogP contribution in [-0.2, 0) is 0 Å². The van der Waals surface area contributed by atoms with Crippen LogP contribution in [0, 0.1) is 13.8 Å². The number of aliphatic hydroxyl groups is 1. The number of pyridine rings is 2. The van der Waals surface area contributed by atoms with Crippen LogP contribution >= 0.6 is 0 Å². The quantitative estimate of drug-likeness (QED) is 0.512. The molecule has 4 heterocycles. The lowest BCUT2D eigenvalue weighted by Crippen LogP contribution is -2.08. The van der Waals surface area contributed by atoms with Crippen molar-refractivity contribution in [2.75, 3.05) is 6.61 Å². The van der Waals surface area contributed by atoms with Crippen LogP contribution in [0.1, 0.15) is 55.8 Å². The van der Waals surface area contributed by atoms with Gasteiger partial charge in [-0.25, -0.2) is 15.0 Å². The van der Waals surface area contributed by atoms with Crippen molar-refractivity contribution >= 4 is 11.0 Å². The average molecular weight is 407 g/mol. The first kappa shape index (κ1) is 20.0. The Morgan fingerprint density at radius 1 is 1.23 bits per heavy atom. The minimum absolute atomic E-state index is 0.0913. The maximum Gasteiger partial charge on any atom is 0.222 e. The highest BCUT2D eigenvalue weighted by molar-refractivity contribution is 5.85. The third-order valence-corrected chi connectivity index (χ3v) is 4.87. The molecule has 0 aliphatic rings. The molecule has 0 bridgehead atoms. The molecule has 0 aliphatic carbocycles. The smallest absolute Gasteiger partial charge is 0.222 e. The molecule has 0 saturated carbocycles. The van der Waals surface area contributed by atoms with Crippen molar-refractivity contribution in [2.45, 2.75) is 46.8 Å². The Kier molecular flexibility index (Phi) is 5.26. The minimum atomic E-state index is -1.02. The van der Waals surface area contributed by atoms with E-state index in [9.17, 15) is 5.11 Å². The van der Waals surface area contributed by atoms with Gasteiger partial charge in [0.25, 0.3) is 0 Å². The normalized spacial score (nSPS) is 12.6. The number of aryl methyl sites for hydroxylation is 2. The van der Waals surface area contributed by atoms with Gasteiger partial charge in [-0.15, -0.1) is 0 Å². The molecule has 0 fully saturated rings. The Bertz CT molecular complexity index is 1190. The van der Waals surface area contributed by atoms with Gasteiger partial charge in [0, 0.05) is 24.7 Å². The molecular weight excluding hydrogens is 382 g/mol. The lowest BCUT2D eigenvalue weighted by Gasteiger charge is -2.16. The standard InChI is InChI=1S/C22H25N5O3/c1-6-29-22-15(8-7-9-23-22)17-10-16(21(28)18-11-24-14(5)30-18)20-19(25-17)13(4)26-27(20)12(2)3/h7-12,21,28H,6H2,1-5H3. The third-order valence-electron chi connectivity index (χ3n) is 4.87. The first-order chi connectivity index (χ1) is 14.4. The van der Waals surface area contributed by atoms with E-state index in [0.29, 0.717) is 35.4 Å². The van der Waals surface area contributed by atoms with Crippen LogP contribution in [0.4, 0.5) is 0 Å². The molecule has 4 aromatic heterocycles. The fraction of sp³-hybridized carbons (Fsp3) is 0.364. The summed E-state index contributed by atoms with van der Waals surface area (Å²) in [6.07, 6.45) is 2.21. The molecule has 156 valence electrons. The minimum Gasteiger partial charge on any atom is -0.477 e. The Labute approximate surface area is 174 Å². The SMILES string of the molecule is CCOc1ncccc1-c1cc(C(O)c2cnc(C)o2)c2c(n1)c(C)nn2C(C)C. The number of rotatable bonds is 6. The van der Waals surface area contributed by atoms with Crippen molar-refractivity contribution < 1.29 is 14.3 Å². The second kappa shape index (κ2) is 7.87. The summed E-state index contributed by atoms with van der Waals surface area (Å²) in [5.74, 6) is 1.36. The summed E-state index contributed by atoms with van der Waals surface area (Å²) < 4.78 is 13.2. The number of aromatic nitrogens is 5. The highest BCUT2D eigenvalue weighted by atomic mass is 16.5. The summed E-state index contributed by atoms with van der Waals surface area (Å²) in [5, 5.41) is 15.9. The van der Waals surface area contributed by atoms with Crippen molar-refractivity contribution in [2.24, 2.45) is 0 Å². The van der Waals surface area contributed by atoms with Crippen molar-refractivity contribution in [3.63, 3.8) is 0 Å². The number of hydrogen-bond donors (Lipinski definition) is 1. The molecule has 0 aliphatic heterocycles. The summed E-state index contributed by atoms with van der Waals surface area (Å²) in [6.45, 7) is 10.2.